The number of hydrogen-bond acceptors (Lipinski definition) is 7. The van der Waals surface area contributed by atoms with Gasteiger partial charge in [0.15, 0.2) is 22.8 Å². The number of rotatable bonds is 8. The Morgan fingerprint density at radius 1 is 1.06 bits per heavy atom. The molecule has 35 heavy (non-hydrogen) atoms. The van der Waals surface area contributed by atoms with Crippen molar-refractivity contribution in [3.8, 4) is 22.8 Å². The number of likely N-dealkylation sites (N-methyl/N-ethyl adjacent to an activating group) is 1. The number of benzene rings is 1. The van der Waals surface area contributed by atoms with Gasteiger partial charge in [-0.25, -0.2) is 9.50 Å². The number of methoxy groups -OCH3 is 2. The highest BCUT2D eigenvalue weighted by Crippen LogP contribution is 2.32. The Balaban J connectivity index is 1.42. The molecule has 0 radical (unpaired) electrons. The van der Waals surface area contributed by atoms with Crippen molar-refractivity contribution in [1.29, 1.82) is 0 Å². The Labute approximate surface area is 204 Å². The molecule has 0 saturated carbocycles. The molecule has 0 aliphatic carbocycles. The number of amides is 2. The van der Waals surface area contributed by atoms with Gasteiger partial charge in [-0.05, 0) is 37.7 Å². The van der Waals surface area contributed by atoms with Crippen LogP contribution in [0.3, 0.4) is 0 Å². The molecule has 1 saturated heterocycles. The predicted octanol–water partition coefficient (Wildman–Crippen LogP) is 1.86. The van der Waals surface area contributed by atoms with Crippen LogP contribution in [0.4, 0.5) is 0 Å². The van der Waals surface area contributed by atoms with Crippen LogP contribution in [0.1, 0.15) is 16.9 Å². The Bertz CT molecular complexity index is 1250. The highest BCUT2D eigenvalue weighted by molar-refractivity contribution is 5.94. The maximum atomic E-state index is 12.8. The number of carbonyl (C=O) groups excluding carboxylic acids is 2. The van der Waals surface area contributed by atoms with Crippen LogP contribution < -0.4 is 14.8 Å². The molecule has 1 fully saturated rings. The summed E-state index contributed by atoms with van der Waals surface area (Å²) in [5, 5.41) is 7.30. The first kappa shape index (κ1) is 24.2. The maximum absolute atomic E-state index is 12.8. The maximum Gasteiger partial charge on any atom is 0.271 e. The molecular weight excluding hydrogens is 448 g/mol. The molecule has 0 unspecified atom stereocenters. The van der Waals surface area contributed by atoms with E-state index in [-0.39, 0.29) is 17.5 Å². The fraction of sp³-hybridized carbons (Fsp3) is 0.360. The second-order valence-corrected chi connectivity index (χ2v) is 8.40. The van der Waals surface area contributed by atoms with Crippen molar-refractivity contribution in [3.63, 3.8) is 0 Å². The lowest BCUT2D eigenvalue weighted by molar-refractivity contribution is -0.128. The summed E-state index contributed by atoms with van der Waals surface area (Å²) in [5.41, 5.74) is 2.85. The Hall–Kier alpha value is -3.92. The second kappa shape index (κ2) is 10.6. The number of piperazine rings is 1. The van der Waals surface area contributed by atoms with E-state index >= 15 is 0 Å². The molecule has 3 heterocycles. The minimum absolute atomic E-state index is 0.0520. The minimum Gasteiger partial charge on any atom is -0.493 e. The summed E-state index contributed by atoms with van der Waals surface area (Å²) in [7, 11) is 5.20. The molecule has 10 nitrogen and oxygen atoms in total. The number of aromatic nitrogens is 3. The van der Waals surface area contributed by atoms with E-state index in [0.29, 0.717) is 48.8 Å². The van der Waals surface area contributed by atoms with Gasteiger partial charge in [-0.2, -0.15) is 5.10 Å². The lowest BCUT2D eigenvalue weighted by Gasteiger charge is -2.32. The molecule has 184 valence electrons. The number of nitrogens with one attached hydrogen (secondary N) is 1. The number of carbonyl (C=O) groups is 2. The van der Waals surface area contributed by atoms with Crippen LogP contribution >= 0.6 is 0 Å². The number of hydrogen-bond donors (Lipinski definition) is 1. The van der Waals surface area contributed by atoms with Crippen molar-refractivity contribution in [3.05, 3.63) is 54.4 Å². The van der Waals surface area contributed by atoms with Crippen LogP contribution in [0.25, 0.3) is 16.9 Å². The van der Waals surface area contributed by atoms with E-state index in [1.54, 1.807) is 31.0 Å². The summed E-state index contributed by atoms with van der Waals surface area (Å²) in [6.07, 6.45) is 2.04. The van der Waals surface area contributed by atoms with Gasteiger partial charge in [-0.1, -0.05) is 6.58 Å². The SMILES string of the molecule is C=C(CCNC(=O)c1cc2nccc(-c3ccc(OC)c(OC)c3)n2n1)C(=O)N1CCN(C)CC1. The summed E-state index contributed by atoms with van der Waals surface area (Å²) in [6.45, 7) is 7.30. The summed E-state index contributed by atoms with van der Waals surface area (Å²) in [6, 6.07) is 8.99. The third-order valence-electron chi connectivity index (χ3n) is 6.08. The summed E-state index contributed by atoms with van der Waals surface area (Å²) in [4.78, 5) is 33.7. The van der Waals surface area contributed by atoms with Gasteiger partial charge in [-0.3, -0.25) is 9.59 Å². The molecule has 4 rings (SSSR count). The third kappa shape index (κ3) is 5.27. The van der Waals surface area contributed by atoms with Crippen LogP contribution in [-0.2, 0) is 4.79 Å². The first-order valence-electron chi connectivity index (χ1n) is 11.4. The highest BCUT2D eigenvalue weighted by Gasteiger charge is 2.21. The van der Waals surface area contributed by atoms with Gasteiger partial charge in [0.25, 0.3) is 5.91 Å². The van der Waals surface area contributed by atoms with Crippen LogP contribution in [0.15, 0.2) is 48.7 Å². The van der Waals surface area contributed by atoms with Crippen molar-refractivity contribution in [1.82, 2.24) is 29.7 Å². The van der Waals surface area contributed by atoms with E-state index in [4.69, 9.17) is 9.47 Å². The number of ether oxygens (including phenoxy) is 2. The largest absolute Gasteiger partial charge is 0.493 e. The van der Waals surface area contributed by atoms with E-state index in [1.165, 1.54) is 0 Å². The van der Waals surface area contributed by atoms with E-state index in [0.717, 1.165) is 24.3 Å². The zero-order chi connectivity index (χ0) is 24.9. The zero-order valence-electron chi connectivity index (χ0n) is 20.3. The van der Waals surface area contributed by atoms with Crippen LogP contribution in [0, 0.1) is 0 Å². The molecule has 10 heteroatoms. The monoisotopic (exact) mass is 478 g/mol. The smallest absolute Gasteiger partial charge is 0.271 e. The lowest BCUT2D eigenvalue weighted by Crippen LogP contribution is -2.47. The molecule has 1 aromatic carbocycles. The number of nitrogens with zero attached hydrogens (tertiary/aromatic N) is 5. The van der Waals surface area contributed by atoms with Gasteiger partial charge < -0.3 is 24.6 Å². The fourth-order valence-electron chi connectivity index (χ4n) is 3.98. The van der Waals surface area contributed by atoms with Crippen molar-refractivity contribution >= 4 is 17.5 Å². The molecule has 1 aliphatic rings. The topological polar surface area (TPSA) is 101 Å². The van der Waals surface area contributed by atoms with E-state index in [1.807, 2.05) is 36.2 Å². The van der Waals surface area contributed by atoms with Gasteiger partial charge in [0.2, 0.25) is 5.91 Å². The van der Waals surface area contributed by atoms with Gasteiger partial charge >= 0.3 is 0 Å². The van der Waals surface area contributed by atoms with Gasteiger partial charge in [0.05, 0.1) is 19.9 Å². The average Bonchev–Trinajstić information content (AvgIpc) is 3.33. The molecule has 1 aliphatic heterocycles. The normalized spacial score (nSPS) is 14.1. The van der Waals surface area contributed by atoms with E-state index < -0.39 is 0 Å². The molecule has 0 bridgehead atoms. The van der Waals surface area contributed by atoms with Crippen LogP contribution in [0.2, 0.25) is 0 Å². The average molecular weight is 479 g/mol. The Morgan fingerprint density at radius 2 is 1.80 bits per heavy atom. The third-order valence-corrected chi connectivity index (χ3v) is 6.08. The van der Waals surface area contributed by atoms with Gasteiger partial charge in [-0.15, -0.1) is 0 Å². The lowest BCUT2D eigenvalue weighted by atomic mass is 10.1. The molecule has 2 amide bonds. The Morgan fingerprint density at radius 3 is 2.51 bits per heavy atom. The fourth-order valence-corrected chi connectivity index (χ4v) is 3.98. The van der Waals surface area contributed by atoms with Crippen LogP contribution in [0.5, 0.6) is 11.5 Å². The van der Waals surface area contributed by atoms with Crippen molar-refractivity contribution in [2.45, 2.75) is 6.42 Å². The molecule has 2 aromatic heterocycles. The predicted molar refractivity (Wildman–Crippen MR) is 132 cm³/mol. The van der Waals surface area contributed by atoms with Crippen LogP contribution in [-0.4, -0.2) is 90.2 Å². The first-order valence-corrected chi connectivity index (χ1v) is 11.4. The van der Waals surface area contributed by atoms with Crippen molar-refractivity contribution in [2.24, 2.45) is 0 Å². The molecular formula is C25H30N6O4. The molecule has 0 spiro atoms. The Kier molecular flexibility index (Phi) is 7.31. The van der Waals surface area contributed by atoms with E-state index in [9.17, 15) is 9.59 Å². The molecule has 1 N–H and O–H groups in total. The van der Waals surface area contributed by atoms with Crippen molar-refractivity contribution < 1.29 is 19.1 Å². The molecule has 3 aromatic rings. The first-order chi connectivity index (χ1) is 16.9. The van der Waals surface area contributed by atoms with Gasteiger partial charge in [0, 0.05) is 56.1 Å². The minimum atomic E-state index is -0.339. The number of fused-ring (bicyclic) bond motifs is 1. The standard InChI is InChI=1S/C25H30N6O4/c1-17(25(33)30-13-11-29(2)12-14-30)7-9-27-24(32)19-16-23-26-10-8-20(31(23)28-19)18-5-6-21(34-3)22(15-18)35-4/h5-6,8,10,15-16H,1,7,9,11-14H2,2-4H3,(H,27,32). The summed E-state index contributed by atoms with van der Waals surface area (Å²) < 4.78 is 12.3. The summed E-state index contributed by atoms with van der Waals surface area (Å²) in [5.74, 6) is 0.818. The van der Waals surface area contributed by atoms with Gasteiger partial charge in [0.1, 0.15) is 0 Å². The quantitative estimate of drug-likeness (QED) is 0.493. The zero-order valence-corrected chi connectivity index (χ0v) is 20.3. The second-order valence-electron chi connectivity index (χ2n) is 8.40. The summed E-state index contributed by atoms with van der Waals surface area (Å²) >= 11 is 0. The van der Waals surface area contributed by atoms with E-state index in [2.05, 4.69) is 26.9 Å². The highest BCUT2D eigenvalue weighted by atomic mass is 16.5. The molecule has 0 atom stereocenters. The van der Waals surface area contributed by atoms with Crippen molar-refractivity contribution in [2.75, 3.05) is 54.0 Å².